The van der Waals surface area contributed by atoms with Crippen LogP contribution < -0.4 is 10.6 Å². The average Bonchev–Trinajstić information content (AvgIpc) is 3.04. The van der Waals surface area contributed by atoms with Crippen LogP contribution in [0, 0.1) is 5.82 Å². The van der Waals surface area contributed by atoms with E-state index >= 15 is 0 Å². The second kappa shape index (κ2) is 8.12. The molecule has 0 radical (unpaired) electrons. The Bertz CT molecular complexity index is 799. The molecule has 2 heterocycles. The lowest BCUT2D eigenvalue weighted by Crippen LogP contribution is -2.28. The van der Waals surface area contributed by atoms with E-state index in [1.807, 2.05) is 4.57 Å². The summed E-state index contributed by atoms with van der Waals surface area (Å²) in [6, 6.07) is 5.55. The molecule has 6 nitrogen and oxygen atoms in total. The second-order valence-corrected chi connectivity index (χ2v) is 6.41. The summed E-state index contributed by atoms with van der Waals surface area (Å²) < 4.78 is 14.9. The summed E-state index contributed by atoms with van der Waals surface area (Å²) in [5.41, 5.74) is 1.55. The van der Waals surface area contributed by atoms with E-state index in [1.165, 1.54) is 24.3 Å². The number of unbranched alkanes of at least 4 members (excludes halogenated alkanes) is 1. The Morgan fingerprint density at radius 2 is 1.96 bits per heavy atom. The molecule has 7 heteroatoms. The Kier molecular flexibility index (Phi) is 5.65. The van der Waals surface area contributed by atoms with Crippen LogP contribution in [0.3, 0.4) is 0 Å². The summed E-state index contributed by atoms with van der Waals surface area (Å²) in [6.45, 7) is 3.33. The number of benzene rings is 1. The van der Waals surface area contributed by atoms with E-state index in [1.54, 1.807) is 0 Å². The smallest absolute Gasteiger partial charge is 0.287 e. The van der Waals surface area contributed by atoms with Gasteiger partial charge in [0.05, 0.1) is 5.69 Å². The highest BCUT2D eigenvalue weighted by Gasteiger charge is 2.27. The molecule has 1 aliphatic heterocycles. The lowest BCUT2D eigenvalue weighted by Gasteiger charge is -2.17. The Hall–Kier alpha value is -2.70. The van der Waals surface area contributed by atoms with Crippen molar-refractivity contribution in [2.24, 2.45) is 0 Å². The molecule has 138 valence electrons. The third-order valence-corrected chi connectivity index (χ3v) is 4.45. The van der Waals surface area contributed by atoms with Gasteiger partial charge >= 0.3 is 0 Å². The number of aromatic nitrogens is 2. The topological polar surface area (TPSA) is 76.0 Å². The van der Waals surface area contributed by atoms with E-state index in [0.717, 1.165) is 31.4 Å². The average molecular weight is 358 g/mol. The number of amides is 2. The molecular weight excluding hydrogens is 335 g/mol. The summed E-state index contributed by atoms with van der Waals surface area (Å²) in [6.07, 6.45) is 4.51. The number of nitrogens with one attached hydrogen (secondary N) is 2. The zero-order chi connectivity index (χ0) is 18.5. The molecule has 0 aliphatic carbocycles. The van der Waals surface area contributed by atoms with Crippen molar-refractivity contribution >= 4 is 17.5 Å². The fourth-order valence-corrected chi connectivity index (χ4v) is 3.08. The molecule has 0 bridgehead atoms. The molecule has 2 amide bonds. The minimum absolute atomic E-state index is 0.248. The van der Waals surface area contributed by atoms with E-state index in [0.29, 0.717) is 31.0 Å². The molecule has 0 spiro atoms. The lowest BCUT2D eigenvalue weighted by atomic mass is 10.1. The quantitative estimate of drug-likeness (QED) is 0.779. The van der Waals surface area contributed by atoms with Gasteiger partial charge in [-0.05, 0) is 49.9 Å². The van der Waals surface area contributed by atoms with Gasteiger partial charge in [-0.3, -0.25) is 9.59 Å². The Morgan fingerprint density at radius 1 is 1.19 bits per heavy atom. The van der Waals surface area contributed by atoms with Crippen molar-refractivity contribution in [2.75, 3.05) is 11.9 Å². The van der Waals surface area contributed by atoms with Gasteiger partial charge in [-0.15, -0.1) is 0 Å². The van der Waals surface area contributed by atoms with Crippen LogP contribution in [0.4, 0.5) is 10.1 Å². The molecule has 0 fully saturated rings. The number of halogens is 1. The zero-order valence-corrected chi connectivity index (χ0v) is 14.8. The van der Waals surface area contributed by atoms with Crippen LogP contribution in [0.15, 0.2) is 24.3 Å². The maximum atomic E-state index is 13.0. The summed E-state index contributed by atoms with van der Waals surface area (Å²) >= 11 is 0. The minimum Gasteiger partial charge on any atom is -0.349 e. The van der Waals surface area contributed by atoms with Crippen molar-refractivity contribution in [2.45, 2.75) is 45.6 Å². The number of hydrogen-bond donors (Lipinski definition) is 2. The number of nitrogens with zero attached hydrogens (tertiary/aromatic N) is 2. The predicted molar refractivity (Wildman–Crippen MR) is 96.8 cm³/mol. The summed E-state index contributed by atoms with van der Waals surface area (Å²) in [7, 11) is 0. The first-order valence-electron chi connectivity index (χ1n) is 9.04. The summed E-state index contributed by atoms with van der Waals surface area (Å²) in [5, 5.41) is 5.59. The molecule has 1 aliphatic rings. The number of anilines is 1. The molecule has 1 aromatic heterocycles. The van der Waals surface area contributed by atoms with Gasteiger partial charge in [0, 0.05) is 18.8 Å². The first kappa shape index (κ1) is 18.1. The first-order chi connectivity index (χ1) is 12.6. The van der Waals surface area contributed by atoms with Gasteiger partial charge in [-0.1, -0.05) is 13.3 Å². The third kappa shape index (κ3) is 3.92. The van der Waals surface area contributed by atoms with E-state index in [2.05, 4.69) is 22.5 Å². The third-order valence-electron chi connectivity index (χ3n) is 4.45. The van der Waals surface area contributed by atoms with Gasteiger partial charge in [0.2, 0.25) is 0 Å². The summed E-state index contributed by atoms with van der Waals surface area (Å²) in [4.78, 5) is 29.5. The van der Waals surface area contributed by atoms with Crippen LogP contribution in [0.5, 0.6) is 0 Å². The molecule has 0 atom stereocenters. The number of fused-ring (bicyclic) bond motifs is 1. The first-order valence-corrected chi connectivity index (χ1v) is 9.04. The highest BCUT2D eigenvalue weighted by molar-refractivity contribution is 6.05. The summed E-state index contributed by atoms with van der Waals surface area (Å²) in [5.74, 6) is -0.703. The van der Waals surface area contributed by atoms with Crippen molar-refractivity contribution in [3.05, 3.63) is 47.3 Å². The van der Waals surface area contributed by atoms with Crippen LogP contribution in [-0.4, -0.2) is 27.9 Å². The number of hydrogen-bond acceptors (Lipinski definition) is 3. The van der Waals surface area contributed by atoms with Crippen molar-refractivity contribution in [3.8, 4) is 0 Å². The van der Waals surface area contributed by atoms with E-state index < -0.39 is 0 Å². The van der Waals surface area contributed by atoms with Gasteiger partial charge in [0.15, 0.2) is 11.5 Å². The molecule has 2 N–H and O–H groups in total. The van der Waals surface area contributed by atoms with Crippen molar-refractivity contribution in [3.63, 3.8) is 0 Å². The van der Waals surface area contributed by atoms with Crippen LogP contribution in [0.2, 0.25) is 0 Å². The van der Waals surface area contributed by atoms with Crippen LogP contribution in [0.25, 0.3) is 0 Å². The van der Waals surface area contributed by atoms with Crippen molar-refractivity contribution in [1.82, 2.24) is 14.9 Å². The minimum atomic E-state index is -0.380. The van der Waals surface area contributed by atoms with Gasteiger partial charge < -0.3 is 15.2 Å². The van der Waals surface area contributed by atoms with Gasteiger partial charge in [0.1, 0.15) is 5.82 Å². The van der Waals surface area contributed by atoms with E-state index in [4.69, 9.17) is 0 Å². The maximum absolute atomic E-state index is 13.0. The number of rotatable bonds is 6. The number of carbonyl (C=O) groups is 2. The fourth-order valence-electron chi connectivity index (χ4n) is 3.08. The molecule has 0 saturated heterocycles. The molecule has 2 aromatic rings. The van der Waals surface area contributed by atoms with E-state index in [-0.39, 0.29) is 23.3 Å². The highest BCUT2D eigenvalue weighted by atomic mass is 19.1. The largest absolute Gasteiger partial charge is 0.349 e. The zero-order valence-electron chi connectivity index (χ0n) is 14.8. The van der Waals surface area contributed by atoms with Gasteiger partial charge in [-0.2, -0.15) is 0 Å². The Labute approximate surface area is 151 Å². The van der Waals surface area contributed by atoms with Gasteiger partial charge in [0.25, 0.3) is 11.8 Å². The second-order valence-electron chi connectivity index (χ2n) is 6.41. The standard InChI is InChI=1S/C19H23FN4O2/c1-2-3-11-21-19(26)17-23-16(15-6-4-5-12-24(15)17)18(25)22-14-9-7-13(20)8-10-14/h7-10H,2-6,11-12H2,1H3,(H,21,26)(H,22,25). The monoisotopic (exact) mass is 358 g/mol. The van der Waals surface area contributed by atoms with Crippen LogP contribution >= 0.6 is 0 Å². The number of carbonyl (C=O) groups excluding carboxylic acids is 2. The SMILES string of the molecule is CCCCNC(=O)c1nc(C(=O)Nc2ccc(F)cc2)c2n1CCCC2. The molecule has 0 saturated carbocycles. The fraction of sp³-hybridized carbons (Fsp3) is 0.421. The predicted octanol–water partition coefficient (Wildman–Crippen LogP) is 3.14. The van der Waals surface area contributed by atoms with Crippen molar-refractivity contribution in [1.29, 1.82) is 0 Å². The van der Waals surface area contributed by atoms with Crippen LogP contribution in [-0.2, 0) is 13.0 Å². The normalized spacial score (nSPS) is 13.2. The maximum Gasteiger partial charge on any atom is 0.287 e. The molecular formula is C19H23FN4O2. The lowest BCUT2D eigenvalue weighted by molar-refractivity contribution is 0.0937. The molecule has 0 unspecified atom stereocenters. The molecule has 3 rings (SSSR count). The number of imidazole rings is 1. The molecule has 26 heavy (non-hydrogen) atoms. The molecule has 1 aromatic carbocycles. The van der Waals surface area contributed by atoms with Crippen molar-refractivity contribution < 1.29 is 14.0 Å². The van der Waals surface area contributed by atoms with Gasteiger partial charge in [-0.25, -0.2) is 9.37 Å². The Balaban J connectivity index is 1.83. The van der Waals surface area contributed by atoms with Crippen LogP contribution in [0.1, 0.15) is 59.4 Å². The Morgan fingerprint density at radius 3 is 2.69 bits per heavy atom. The highest BCUT2D eigenvalue weighted by Crippen LogP contribution is 2.22. The van der Waals surface area contributed by atoms with E-state index in [9.17, 15) is 14.0 Å².